The summed E-state index contributed by atoms with van der Waals surface area (Å²) in [5.74, 6) is -1.68. The Kier molecular flexibility index (Phi) is 47.5. The molecule has 0 fully saturated rings. The van der Waals surface area contributed by atoms with Crippen molar-refractivity contribution in [2.75, 3.05) is 185 Å². The van der Waals surface area contributed by atoms with Gasteiger partial charge in [-0.05, 0) is 6.42 Å². The molecule has 0 unspecified atom stereocenters. The second-order valence-corrected chi connectivity index (χ2v) is 12.3. The number of nitrogens with one attached hydrogen (secondary N) is 1. The SMILES string of the molecule is CCCCCCCCC(=O)OCCOCCOCCOCCOCCOCCOCCOCCOCCOCCOCCOCCOCCNC(=O)COCC(=O)O. The van der Waals surface area contributed by atoms with Crippen molar-refractivity contribution in [2.45, 2.75) is 51.9 Å². The van der Waals surface area contributed by atoms with Crippen molar-refractivity contribution in [2.24, 2.45) is 0 Å². The van der Waals surface area contributed by atoms with Gasteiger partial charge in [0.2, 0.25) is 5.91 Å². The van der Waals surface area contributed by atoms with Crippen molar-refractivity contribution in [1.82, 2.24) is 5.32 Å². The largest absolute Gasteiger partial charge is 0.480 e. The van der Waals surface area contributed by atoms with E-state index in [4.69, 9.17) is 66.7 Å². The Morgan fingerprint density at radius 3 is 1.03 bits per heavy atom. The highest BCUT2D eigenvalue weighted by molar-refractivity contribution is 5.77. The van der Waals surface area contributed by atoms with Gasteiger partial charge in [0.1, 0.15) is 19.8 Å². The predicted octanol–water partition coefficient (Wildman–Crippen LogP) is 1.70. The highest BCUT2D eigenvalue weighted by Gasteiger charge is 2.04. The maximum absolute atomic E-state index is 11.7. The van der Waals surface area contributed by atoms with Gasteiger partial charge < -0.3 is 76.7 Å². The summed E-state index contributed by atoms with van der Waals surface area (Å²) in [5, 5.41) is 11.0. The Bertz CT molecular complexity index is 874. The molecule has 0 heterocycles. The molecule has 58 heavy (non-hydrogen) atoms. The molecule has 0 aromatic carbocycles. The van der Waals surface area contributed by atoms with E-state index in [9.17, 15) is 14.4 Å². The molecule has 0 aliphatic carbocycles. The molecule has 0 bridgehead atoms. The van der Waals surface area contributed by atoms with E-state index in [0.717, 1.165) is 12.8 Å². The first-order valence-electron chi connectivity index (χ1n) is 20.7. The Hall–Kier alpha value is -2.11. The number of hydrogen-bond donors (Lipinski definition) is 2. The molecule has 0 saturated heterocycles. The van der Waals surface area contributed by atoms with Crippen LogP contribution in [0.1, 0.15) is 51.9 Å². The zero-order valence-electron chi connectivity index (χ0n) is 35.1. The molecule has 2 N–H and O–H groups in total. The molecule has 0 aromatic rings. The van der Waals surface area contributed by atoms with E-state index in [1.807, 2.05) is 0 Å². The molecule has 19 nitrogen and oxygen atoms in total. The number of carboxylic acid groups (broad SMARTS) is 1. The molecule has 1 amide bonds. The van der Waals surface area contributed by atoms with Crippen LogP contribution < -0.4 is 5.32 Å². The van der Waals surface area contributed by atoms with E-state index in [2.05, 4.69) is 17.0 Å². The Labute approximate surface area is 345 Å². The highest BCUT2D eigenvalue weighted by Crippen LogP contribution is 2.07. The summed E-state index contributed by atoms with van der Waals surface area (Å²) >= 11 is 0. The minimum absolute atomic E-state index is 0.152. The maximum atomic E-state index is 11.7. The van der Waals surface area contributed by atoms with E-state index in [1.165, 1.54) is 25.7 Å². The molecular formula is C39H75NO18. The van der Waals surface area contributed by atoms with E-state index >= 15 is 0 Å². The lowest BCUT2D eigenvalue weighted by atomic mass is 10.1. The van der Waals surface area contributed by atoms with Crippen LogP contribution in [-0.4, -0.2) is 208 Å². The third-order valence-electron chi connectivity index (χ3n) is 7.34. The average molecular weight is 846 g/mol. The lowest BCUT2D eigenvalue weighted by Gasteiger charge is -2.09. The lowest BCUT2D eigenvalue weighted by Crippen LogP contribution is -2.31. The first-order chi connectivity index (χ1) is 28.6. The maximum Gasteiger partial charge on any atom is 0.329 e. The van der Waals surface area contributed by atoms with Crippen molar-refractivity contribution < 1.29 is 85.8 Å². The average Bonchev–Trinajstić information content (AvgIpc) is 3.21. The van der Waals surface area contributed by atoms with Crippen LogP contribution in [0.4, 0.5) is 0 Å². The van der Waals surface area contributed by atoms with Gasteiger partial charge in [0.05, 0.1) is 159 Å². The van der Waals surface area contributed by atoms with Crippen LogP contribution in [0.3, 0.4) is 0 Å². The molecule has 0 saturated carbocycles. The summed E-state index contributed by atoms with van der Waals surface area (Å²) in [5.41, 5.74) is 0. The van der Waals surface area contributed by atoms with Crippen LogP contribution in [-0.2, 0) is 80.7 Å². The number of esters is 1. The fourth-order valence-electron chi connectivity index (χ4n) is 4.40. The van der Waals surface area contributed by atoms with Crippen LogP contribution in [0.2, 0.25) is 0 Å². The lowest BCUT2D eigenvalue weighted by molar-refractivity contribution is -0.146. The number of unbranched alkanes of at least 4 members (excludes halogenated alkanes) is 5. The molecule has 0 radical (unpaired) electrons. The fraction of sp³-hybridized carbons (Fsp3) is 0.923. The van der Waals surface area contributed by atoms with Gasteiger partial charge in [-0.1, -0.05) is 39.0 Å². The molecule has 0 atom stereocenters. The summed E-state index contributed by atoms with van der Waals surface area (Å²) in [6.45, 7) is 12.7. The number of hydrogen-bond acceptors (Lipinski definition) is 17. The summed E-state index contributed by atoms with van der Waals surface area (Å²) in [6, 6.07) is 0. The van der Waals surface area contributed by atoms with Gasteiger partial charge in [-0.2, -0.15) is 0 Å². The van der Waals surface area contributed by atoms with Crippen LogP contribution in [0.15, 0.2) is 0 Å². The molecule has 19 heteroatoms. The van der Waals surface area contributed by atoms with Gasteiger partial charge in [-0.25, -0.2) is 4.79 Å². The van der Waals surface area contributed by atoms with Crippen molar-refractivity contribution in [3.05, 3.63) is 0 Å². The number of carbonyl (C=O) groups is 3. The predicted molar refractivity (Wildman–Crippen MR) is 210 cm³/mol. The van der Waals surface area contributed by atoms with Crippen molar-refractivity contribution >= 4 is 17.8 Å². The van der Waals surface area contributed by atoms with Gasteiger partial charge in [0, 0.05) is 13.0 Å². The van der Waals surface area contributed by atoms with Gasteiger partial charge in [-0.15, -0.1) is 0 Å². The Morgan fingerprint density at radius 1 is 0.379 bits per heavy atom. The smallest absolute Gasteiger partial charge is 0.329 e. The Balaban J connectivity index is 3.12. The molecule has 344 valence electrons. The topological polar surface area (TPSA) is 213 Å². The Morgan fingerprint density at radius 2 is 0.690 bits per heavy atom. The molecule has 0 aromatic heterocycles. The van der Waals surface area contributed by atoms with Gasteiger partial charge in [0.15, 0.2) is 0 Å². The van der Waals surface area contributed by atoms with Gasteiger partial charge in [-0.3, -0.25) is 9.59 Å². The highest BCUT2D eigenvalue weighted by atomic mass is 16.6. The van der Waals surface area contributed by atoms with Crippen LogP contribution in [0.5, 0.6) is 0 Å². The minimum atomic E-state index is -1.13. The third kappa shape index (κ3) is 50.0. The molecule has 0 rings (SSSR count). The minimum Gasteiger partial charge on any atom is -0.480 e. The first kappa shape index (κ1) is 55.9. The van der Waals surface area contributed by atoms with E-state index in [-0.39, 0.29) is 19.2 Å². The third-order valence-corrected chi connectivity index (χ3v) is 7.34. The number of ether oxygens (including phenoxy) is 14. The summed E-state index contributed by atoms with van der Waals surface area (Å²) < 4.78 is 75.3. The number of carboxylic acids is 1. The van der Waals surface area contributed by atoms with E-state index in [1.54, 1.807) is 0 Å². The number of aliphatic carboxylic acids is 1. The molecule has 0 aliphatic heterocycles. The van der Waals surface area contributed by atoms with Crippen LogP contribution in [0.25, 0.3) is 0 Å². The second kappa shape index (κ2) is 49.3. The summed E-state index contributed by atoms with van der Waals surface area (Å²) in [7, 11) is 0. The molecule has 0 aliphatic rings. The second-order valence-electron chi connectivity index (χ2n) is 12.3. The normalized spacial score (nSPS) is 11.3. The molecular weight excluding hydrogens is 770 g/mol. The van der Waals surface area contributed by atoms with Gasteiger partial charge in [0.25, 0.3) is 0 Å². The zero-order valence-corrected chi connectivity index (χ0v) is 35.1. The van der Waals surface area contributed by atoms with Crippen LogP contribution >= 0.6 is 0 Å². The standard InChI is InChI=1S/C39H75NO18/c1-2-3-4-5-6-7-8-39(44)58-34-33-56-32-31-55-30-29-54-28-27-53-26-25-52-24-23-51-22-21-50-20-19-49-18-17-48-16-15-47-14-13-46-12-11-45-10-9-40-37(41)35-57-36-38(42)43/h2-36H2,1H3,(H,40,41)(H,42,43). The monoisotopic (exact) mass is 845 g/mol. The summed E-state index contributed by atoms with van der Waals surface area (Å²) in [6.07, 6.45) is 7.37. The quantitative estimate of drug-likeness (QED) is 0.0659. The van der Waals surface area contributed by atoms with Crippen LogP contribution in [0, 0.1) is 0 Å². The van der Waals surface area contributed by atoms with Crippen molar-refractivity contribution in [3.8, 4) is 0 Å². The van der Waals surface area contributed by atoms with Crippen molar-refractivity contribution in [3.63, 3.8) is 0 Å². The fourth-order valence-corrected chi connectivity index (χ4v) is 4.40. The van der Waals surface area contributed by atoms with Gasteiger partial charge >= 0.3 is 11.9 Å². The first-order valence-corrected chi connectivity index (χ1v) is 20.7. The van der Waals surface area contributed by atoms with E-state index < -0.39 is 18.5 Å². The summed E-state index contributed by atoms with van der Waals surface area (Å²) in [4.78, 5) is 33.4. The zero-order chi connectivity index (χ0) is 42.1. The van der Waals surface area contributed by atoms with E-state index in [0.29, 0.717) is 172 Å². The number of rotatable bonds is 50. The van der Waals surface area contributed by atoms with Crippen molar-refractivity contribution in [1.29, 1.82) is 0 Å². The number of amides is 1. The number of carbonyl (C=O) groups excluding carboxylic acids is 2. The molecule has 0 spiro atoms.